The second-order valence-corrected chi connectivity index (χ2v) is 9.42. The molecule has 1 atom stereocenters. The number of halogens is 1. The molecule has 0 radical (unpaired) electrons. The van der Waals surface area contributed by atoms with Gasteiger partial charge in [0.2, 0.25) is 11.8 Å². The summed E-state index contributed by atoms with van der Waals surface area (Å²) in [5, 5.41) is 3.67. The molecule has 2 rings (SSSR count). The minimum atomic E-state index is -0.543. The average molecular weight is 429 g/mol. The lowest BCUT2D eigenvalue weighted by molar-refractivity contribution is -0.141. The standard InChI is InChI=1S/C25H33ClN2O2/c1-7-22(24(30)27-25(4,5)6)28(16-19-8-10-21(26)11-9-19)23(29)15-20-13-17(2)12-18(3)14-20/h8-14,22H,7,15-16H2,1-6H3,(H,27,30)/t22-/m0/s1. The van der Waals surface area contributed by atoms with Gasteiger partial charge in [-0.25, -0.2) is 0 Å². The fraction of sp³-hybridized carbons (Fsp3) is 0.440. The van der Waals surface area contributed by atoms with Gasteiger partial charge >= 0.3 is 0 Å². The van der Waals surface area contributed by atoms with E-state index in [0.717, 1.165) is 22.3 Å². The van der Waals surface area contributed by atoms with Crippen molar-refractivity contribution in [2.75, 3.05) is 0 Å². The summed E-state index contributed by atoms with van der Waals surface area (Å²) >= 11 is 6.02. The van der Waals surface area contributed by atoms with Crippen molar-refractivity contribution in [1.82, 2.24) is 10.2 Å². The minimum absolute atomic E-state index is 0.0640. The van der Waals surface area contributed by atoms with Crippen molar-refractivity contribution in [2.24, 2.45) is 0 Å². The molecule has 0 bridgehead atoms. The highest BCUT2D eigenvalue weighted by Gasteiger charge is 2.30. The third kappa shape index (κ3) is 7.17. The van der Waals surface area contributed by atoms with Gasteiger partial charge in [0, 0.05) is 17.1 Å². The van der Waals surface area contributed by atoms with E-state index in [2.05, 4.69) is 11.4 Å². The summed E-state index contributed by atoms with van der Waals surface area (Å²) in [6, 6.07) is 13.0. The van der Waals surface area contributed by atoms with E-state index >= 15 is 0 Å². The van der Waals surface area contributed by atoms with Crippen molar-refractivity contribution in [2.45, 2.75) is 72.5 Å². The summed E-state index contributed by atoms with van der Waals surface area (Å²) in [5.41, 5.74) is 3.78. The zero-order valence-electron chi connectivity index (χ0n) is 18.9. The van der Waals surface area contributed by atoms with E-state index in [1.165, 1.54) is 0 Å². The van der Waals surface area contributed by atoms with Gasteiger partial charge < -0.3 is 10.2 Å². The molecule has 0 aromatic heterocycles. The van der Waals surface area contributed by atoms with E-state index in [1.54, 1.807) is 17.0 Å². The van der Waals surface area contributed by atoms with Crippen LogP contribution in [-0.4, -0.2) is 28.3 Å². The maximum absolute atomic E-state index is 13.4. The second-order valence-electron chi connectivity index (χ2n) is 8.98. The molecule has 162 valence electrons. The van der Waals surface area contributed by atoms with Crippen LogP contribution in [0.15, 0.2) is 42.5 Å². The number of carbonyl (C=O) groups excluding carboxylic acids is 2. The zero-order valence-corrected chi connectivity index (χ0v) is 19.6. The molecule has 0 aliphatic heterocycles. The fourth-order valence-electron chi connectivity index (χ4n) is 3.61. The van der Waals surface area contributed by atoms with E-state index in [0.29, 0.717) is 18.0 Å². The summed E-state index contributed by atoms with van der Waals surface area (Å²) in [6.45, 7) is 12.2. The van der Waals surface area contributed by atoms with Gasteiger partial charge in [-0.1, -0.05) is 60.0 Å². The SMILES string of the molecule is CC[C@@H](C(=O)NC(C)(C)C)N(Cc1ccc(Cl)cc1)C(=O)Cc1cc(C)cc(C)c1. The first-order valence-electron chi connectivity index (χ1n) is 10.4. The van der Waals surface area contributed by atoms with Crippen molar-refractivity contribution < 1.29 is 9.59 Å². The predicted octanol–water partition coefficient (Wildman–Crippen LogP) is 5.22. The molecule has 5 heteroatoms. The second kappa shape index (κ2) is 10.1. The number of rotatable bonds is 7. The number of carbonyl (C=O) groups is 2. The monoisotopic (exact) mass is 428 g/mol. The molecule has 0 heterocycles. The van der Waals surface area contributed by atoms with E-state index in [1.807, 2.05) is 65.8 Å². The highest BCUT2D eigenvalue weighted by molar-refractivity contribution is 6.30. The molecule has 4 nitrogen and oxygen atoms in total. The Labute approximate surface area is 185 Å². The van der Waals surface area contributed by atoms with Crippen LogP contribution in [0.5, 0.6) is 0 Å². The quantitative estimate of drug-likeness (QED) is 0.657. The smallest absolute Gasteiger partial charge is 0.243 e. The number of nitrogens with zero attached hydrogens (tertiary/aromatic N) is 1. The van der Waals surface area contributed by atoms with Gasteiger partial charge in [0.1, 0.15) is 6.04 Å². The van der Waals surface area contributed by atoms with Crippen LogP contribution in [0.1, 0.15) is 56.4 Å². The Bertz CT molecular complexity index is 865. The molecule has 0 saturated carbocycles. The maximum Gasteiger partial charge on any atom is 0.243 e. The molecule has 0 aliphatic rings. The molecule has 0 unspecified atom stereocenters. The van der Waals surface area contributed by atoms with E-state index in [-0.39, 0.29) is 23.8 Å². The normalized spacial score (nSPS) is 12.4. The van der Waals surface area contributed by atoms with Crippen molar-refractivity contribution in [3.63, 3.8) is 0 Å². The molecule has 30 heavy (non-hydrogen) atoms. The van der Waals surface area contributed by atoms with Crippen molar-refractivity contribution >= 4 is 23.4 Å². The largest absolute Gasteiger partial charge is 0.350 e. The first-order valence-corrected chi connectivity index (χ1v) is 10.8. The molecular formula is C25H33ClN2O2. The first kappa shape index (κ1) is 23.9. The van der Waals surface area contributed by atoms with Crippen LogP contribution in [0, 0.1) is 13.8 Å². The van der Waals surface area contributed by atoms with Crippen LogP contribution in [0.25, 0.3) is 0 Å². The summed E-state index contributed by atoms with van der Waals surface area (Å²) in [5.74, 6) is -0.196. The number of hydrogen-bond acceptors (Lipinski definition) is 2. The first-order chi connectivity index (χ1) is 14.0. The number of benzene rings is 2. The van der Waals surface area contributed by atoms with Crippen LogP contribution >= 0.6 is 11.6 Å². The molecule has 0 aliphatic carbocycles. The average Bonchev–Trinajstić information content (AvgIpc) is 2.60. The third-order valence-corrected chi connectivity index (χ3v) is 5.04. The minimum Gasteiger partial charge on any atom is -0.350 e. The van der Waals surface area contributed by atoms with E-state index in [4.69, 9.17) is 11.6 Å². The van der Waals surface area contributed by atoms with Crippen LogP contribution in [-0.2, 0) is 22.6 Å². The van der Waals surface area contributed by atoms with E-state index in [9.17, 15) is 9.59 Å². The van der Waals surface area contributed by atoms with Gasteiger partial charge in [-0.15, -0.1) is 0 Å². The number of amides is 2. The van der Waals surface area contributed by atoms with Crippen molar-refractivity contribution in [3.8, 4) is 0 Å². The molecule has 2 aromatic carbocycles. The Morgan fingerprint density at radius 2 is 1.57 bits per heavy atom. The number of aryl methyl sites for hydroxylation is 2. The van der Waals surface area contributed by atoms with Gasteiger partial charge in [0.05, 0.1) is 6.42 Å². The Morgan fingerprint density at radius 1 is 1.00 bits per heavy atom. The highest BCUT2D eigenvalue weighted by atomic mass is 35.5. The number of hydrogen-bond donors (Lipinski definition) is 1. The molecule has 2 aromatic rings. The maximum atomic E-state index is 13.4. The van der Waals surface area contributed by atoms with Gasteiger partial charge in [-0.05, 0) is 64.3 Å². The predicted molar refractivity (Wildman–Crippen MR) is 124 cm³/mol. The molecule has 0 spiro atoms. The van der Waals surface area contributed by atoms with Gasteiger partial charge in [-0.2, -0.15) is 0 Å². The number of nitrogens with one attached hydrogen (secondary N) is 1. The molecule has 0 fully saturated rings. The fourth-order valence-corrected chi connectivity index (χ4v) is 3.73. The van der Waals surface area contributed by atoms with Crippen molar-refractivity contribution in [1.29, 1.82) is 0 Å². The Morgan fingerprint density at radius 3 is 2.07 bits per heavy atom. The highest BCUT2D eigenvalue weighted by Crippen LogP contribution is 2.18. The van der Waals surface area contributed by atoms with Gasteiger partial charge in [0.15, 0.2) is 0 Å². The van der Waals surface area contributed by atoms with Crippen LogP contribution in [0.4, 0.5) is 0 Å². The van der Waals surface area contributed by atoms with Crippen LogP contribution in [0.3, 0.4) is 0 Å². The third-order valence-electron chi connectivity index (χ3n) is 4.79. The Hall–Kier alpha value is -2.33. The summed E-state index contributed by atoms with van der Waals surface area (Å²) in [6.07, 6.45) is 0.795. The van der Waals surface area contributed by atoms with Crippen LogP contribution < -0.4 is 5.32 Å². The molecule has 0 saturated heterocycles. The van der Waals surface area contributed by atoms with Crippen molar-refractivity contribution in [3.05, 3.63) is 69.7 Å². The lowest BCUT2D eigenvalue weighted by Crippen LogP contribution is -2.53. The Balaban J connectivity index is 2.33. The summed E-state index contributed by atoms with van der Waals surface area (Å²) in [4.78, 5) is 28.1. The van der Waals surface area contributed by atoms with Gasteiger partial charge in [0.25, 0.3) is 0 Å². The lowest BCUT2D eigenvalue weighted by atomic mass is 10.0. The Kier molecular flexibility index (Phi) is 8.08. The zero-order chi connectivity index (χ0) is 22.5. The summed E-state index contributed by atoms with van der Waals surface area (Å²) in [7, 11) is 0. The topological polar surface area (TPSA) is 49.4 Å². The summed E-state index contributed by atoms with van der Waals surface area (Å²) < 4.78 is 0. The lowest BCUT2D eigenvalue weighted by Gasteiger charge is -2.33. The molecule has 1 N–H and O–H groups in total. The van der Waals surface area contributed by atoms with Gasteiger partial charge in [-0.3, -0.25) is 9.59 Å². The van der Waals surface area contributed by atoms with E-state index < -0.39 is 6.04 Å². The molecular weight excluding hydrogens is 396 g/mol. The molecule has 2 amide bonds. The van der Waals surface area contributed by atoms with Crippen LogP contribution in [0.2, 0.25) is 5.02 Å².